The Morgan fingerprint density at radius 1 is 1.12 bits per heavy atom. The molecule has 1 atom stereocenters. The number of ether oxygens (including phenoxy) is 1. The van der Waals surface area contributed by atoms with E-state index in [2.05, 4.69) is 36.5 Å². The second-order valence-electron chi connectivity index (χ2n) is 6.60. The summed E-state index contributed by atoms with van der Waals surface area (Å²) in [6.07, 6.45) is 4.36. The molecule has 0 aliphatic carbocycles. The second kappa shape index (κ2) is 8.06. The van der Waals surface area contributed by atoms with Gasteiger partial charge in [0, 0.05) is 6.54 Å². The van der Waals surface area contributed by atoms with Crippen LogP contribution in [0.4, 0.5) is 10.5 Å². The summed E-state index contributed by atoms with van der Waals surface area (Å²) in [6.45, 7) is 2.87. The third kappa shape index (κ3) is 4.13. The number of hydrogen-bond donors (Lipinski definition) is 1. The van der Waals surface area contributed by atoms with Gasteiger partial charge in [0.15, 0.2) is 0 Å². The number of aryl methyl sites for hydroxylation is 1. The molecule has 1 aliphatic heterocycles. The Balaban J connectivity index is 1.84. The highest BCUT2D eigenvalue weighted by molar-refractivity contribution is 5.91. The van der Waals surface area contributed by atoms with Gasteiger partial charge in [0.05, 0.1) is 18.8 Å². The van der Waals surface area contributed by atoms with E-state index in [1.807, 2.05) is 29.2 Å². The van der Waals surface area contributed by atoms with E-state index in [9.17, 15) is 4.79 Å². The van der Waals surface area contributed by atoms with Crippen LogP contribution < -0.4 is 10.1 Å². The summed E-state index contributed by atoms with van der Waals surface area (Å²) in [7, 11) is 1.62. The molecule has 3 rings (SSSR count). The van der Waals surface area contributed by atoms with Gasteiger partial charge in [-0.05, 0) is 37.5 Å². The van der Waals surface area contributed by atoms with Gasteiger partial charge in [0.2, 0.25) is 0 Å². The lowest BCUT2D eigenvalue weighted by atomic mass is 9.99. The number of rotatable bonds is 3. The molecule has 4 heteroatoms. The number of likely N-dealkylation sites (tertiary alicyclic amines) is 1. The van der Waals surface area contributed by atoms with Gasteiger partial charge >= 0.3 is 6.03 Å². The van der Waals surface area contributed by atoms with E-state index in [-0.39, 0.29) is 12.1 Å². The Morgan fingerprint density at radius 3 is 2.76 bits per heavy atom. The molecule has 0 unspecified atom stereocenters. The van der Waals surface area contributed by atoms with Crippen LogP contribution in [-0.2, 0) is 0 Å². The molecular formula is C21H26N2O2. The Hall–Kier alpha value is -2.49. The summed E-state index contributed by atoms with van der Waals surface area (Å²) >= 11 is 0. The minimum Gasteiger partial charge on any atom is -0.495 e. The fourth-order valence-electron chi connectivity index (χ4n) is 3.51. The lowest BCUT2D eigenvalue weighted by molar-refractivity contribution is 0.189. The smallest absolute Gasteiger partial charge is 0.322 e. The van der Waals surface area contributed by atoms with Gasteiger partial charge < -0.3 is 15.0 Å². The quantitative estimate of drug-likeness (QED) is 0.840. The largest absolute Gasteiger partial charge is 0.495 e. The van der Waals surface area contributed by atoms with E-state index >= 15 is 0 Å². The minimum atomic E-state index is -0.0575. The van der Waals surface area contributed by atoms with Crippen molar-refractivity contribution in [2.75, 3.05) is 19.0 Å². The normalized spacial score (nSPS) is 17.7. The molecule has 1 aliphatic rings. The first-order chi connectivity index (χ1) is 12.2. The molecule has 2 aromatic rings. The van der Waals surface area contributed by atoms with Gasteiger partial charge in [0.1, 0.15) is 5.75 Å². The van der Waals surface area contributed by atoms with Crippen molar-refractivity contribution in [3.05, 3.63) is 59.7 Å². The molecule has 0 spiro atoms. The lowest BCUT2D eigenvalue weighted by Crippen LogP contribution is -2.38. The van der Waals surface area contributed by atoms with Crippen molar-refractivity contribution in [2.45, 2.75) is 38.6 Å². The summed E-state index contributed by atoms with van der Waals surface area (Å²) in [4.78, 5) is 15.0. The second-order valence-corrected chi connectivity index (χ2v) is 6.60. The van der Waals surface area contributed by atoms with Crippen LogP contribution >= 0.6 is 0 Å². The fraction of sp³-hybridized carbons (Fsp3) is 0.381. The van der Waals surface area contributed by atoms with Gasteiger partial charge in [-0.25, -0.2) is 4.79 Å². The summed E-state index contributed by atoms with van der Waals surface area (Å²) in [5, 5.41) is 3.04. The van der Waals surface area contributed by atoms with Crippen LogP contribution in [0.1, 0.15) is 42.9 Å². The molecule has 0 aromatic heterocycles. The van der Waals surface area contributed by atoms with Crippen molar-refractivity contribution in [3.8, 4) is 5.75 Å². The highest BCUT2D eigenvalue weighted by Crippen LogP contribution is 2.32. The Labute approximate surface area is 149 Å². The number of carbonyl (C=O) groups is 1. The Morgan fingerprint density at radius 2 is 1.96 bits per heavy atom. The number of carbonyl (C=O) groups excluding carboxylic acids is 1. The molecule has 0 saturated carbocycles. The zero-order valence-electron chi connectivity index (χ0n) is 15.0. The molecule has 1 fully saturated rings. The van der Waals surface area contributed by atoms with Crippen molar-refractivity contribution in [2.24, 2.45) is 0 Å². The van der Waals surface area contributed by atoms with E-state index in [0.717, 1.165) is 25.8 Å². The predicted octanol–water partition coefficient (Wildman–Crippen LogP) is 5.15. The zero-order valence-corrected chi connectivity index (χ0v) is 15.0. The number of nitrogens with zero attached hydrogens (tertiary/aromatic N) is 1. The maximum Gasteiger partial charge on any atom is 0.322 e. The third-order valence-electron chi connectivity index (χ3n) is 4.79. The van der Waals surface area contributed by atoms with E-state index in [1.165, 1.54) is 17.5 Å². The molecular weight excluding hydrogens is 312 g/mol. The predicted molar refractivity (Wildman–Crippen MR) is 101 cm³/mol. The summed E-state index contributed by atoms with van der Waals surface area (Å²) in [5.41, 5.74) is 3.16. The van der Waals surface area contributed by atoms with Crippen LogP contribution in [0.5, 0.6) is 5.75 Å². The van der Waals surface area contributed by atoms with E-state index in [4.69, 9.17) is 4.74 Å². The SMILES string of the molecule is COc1ccccc1NC(=O)N1CCCCC[C@H]1c1cccc(C)c1. The maximum atomic E-state index is 13.0. The number of methoxy groups -OCH3 is 1. The Kier molecular flexibility index (Phi) is 5.59. The molecule has 0 radical (unpaired) electrons. The van der Waals surface area contributed by atoms with Gasteiger partial charge in [-0.3, -0.25) is 0 Å². The number of hydrogen-bond acceptors (Lipinski definition) is 2. The van der Waals surface area contributed by atoms with Crippen molar-refractivity contribution in [1.82, 2.24) is 4.90 Å². The summed E-state index contributed by atoms with van der Waals surface area (Å²) in [6, 6.07) is 16.1. The van der Waals surface area contributed by atoms with E-state index < -0.39 is 0 Å². The first-order valence-corrected chi connectivity index (χ1v) is 8.96. The van der Waals surface area contributed by atoms with Crippen LogP contribution in [0, 0.1) is 6.92 Å². The highest BCUT2D eigenvalue weighted by Gasteiger charge is 2.27. The monoisotopic (exact) mass is 338 g/mol. The van der Waals surface area contributed by atoms with Crippen LogP contribution in [0.2, 0.25) is 0 Å². The number of para-hydroxylation sites is 2. The van der Waals surface area contributed by atoms with Crippen LogP contribution in [0.3, 0.4) is 0 Å². The Bertz CT molecular complexity index is 729. The summed E-state index contributed by atoms with van der Waals surface area (Å²) in [5.74, 6) is 0.678. The van der Waals surface area contributed by atoms with Gasteiger partial charge in [0.25, 0.3) is 0 Å². The number of nitrogens with one attached hydrogen (secondary N) is 1. The van der Waals surface area contributed by atoms with Crippen LogP contribution in [0.15, 0.2) is 48.5 Å². The van der Waals surface area contributed by atoms with E-state index in [1.54, 1.807) is 7.11 Å². The standard InChI is InChI=1S/C21H26N2O2/c1-16-9-8-10-17(15-16)19-12-4-3-7-14-23(19)21(24)22-18-11-5-6-13-20(18)25-2/h5-6,8-11,13,15,19H,3-4,7,12,14H2,1-2H3,(H,22,24)/t19-/m0/s1. The number of amides is 2. The molecule has 1 N–H and O–H groups in total. The first kappa shape index (κ1) is 17.3. The molecule has 2 aromatic carbocycles. The van der Waals surface area contributed by atoms with Gasteiger partial charge in [-0.15, -0.1) is 0 Å². The van der Waals surface area contributed by atoms with Crippen LogP contribution in [-0.4, -0.2) is 24.6 Å². The van der Waals surface area contributed by atoms with Crippen molar-refractivity contribution in [1.29, 1.82) is 0 Å². The molecule has 25 heavy (non-hydrogen) atoms. The zero-order chi connectivity index (χ0) is 17.6. The number of anilines is 1. The molecule has 132 valence electrons. The molecule has 4 nitrogen and oxygen atoms in total. The number of urea groups is 1. The molecule has 1 saturated heterocycles. The average Bonchev–Trinajstić information content (AvgIpc) is 2.88. The minimum absolute atomic E-state index is 0.0575. The lowest BCUT2D eigenvalue weighted by Gasteiger charge is -2.31. The van der Waals surface area contributed by atoms with Crippen molar-refractivity contribution in [3.63, 3.8) is 0 Å². The fourth-order valence-corrected chi connectivity index (χ4v) is 3.51. The molecule has 2 amide bonds. The molecule has 1 heterocycles. The van der Waals surface area contributed by atoms with Crippen molar-refractivity contribution >= 4 is 11.7 Å². The third-order valence-corrected chi connectivity index (χ3v) is 4.79. The van der Waals surface area contributed by atoms with Crippen molar-refractivity contribution < 1.29 is 9.53 Å². The first-order valence-electron chi connectivity index (χ1n) is 8.96. The topological polar surface area (TPSA) is 41.6 Å². The summed E-state index contributed by atoms with van der Waals surface area (Å²) < 4.78 is 5.35. The van der Waals surface area contributed by atoms with Gasteiger partial charge in [-0.2, -0.15) is 0 Å². The van der Waals surface area contributed by atoms with Crippen LogP contribution in [0.25, 0.3) is 0 Å². The molecule has 0 bridgehead atoms. The average molecular weight is 338 g/mol. The number of benzene rings is 2. The van der Waals surface area contributed by atoms with Gasteiger partial charge in [-0.1, -0.05) is 54.8 Å². The van der Waals surface area contributed by atoms with E-state index in [0.29, 0.717) is 11.4 Å². The maximum absolute atomic E-state index is 13.0. The highest BCUT2D eigenvalue weighted by atomic mass is 16.5.